The summed E-state index contributed by atoms with van der Waals surface area (Å²) in [5.41, 5.74) is -0.418. The molecule has 0 fully saturated rings. The van der Waals surface area contributed by atoms with Gasteiger partial charge in [0.1, 0.15) is 5.82 Å². The standard InChI is InChI=1S/C21H16Cl2F2N4O2S/c1-12(30)9-26-21-27-10-13(11-28-21)2-4-15-17(24)6-7-18(20(15)25)29-32(31)19-8-14(22)3-5-16(19)23/h3,5-8,10-12,29-30H,9H2,1H3,(H,26,27,28)/t12-,32?/m0/s1. The highest BCUT2D eigenvalue weighted by atomic mass is 35.5. The number of aliphatic hydroxyl groups is 1. The second-order valence-corrected chi connectivity index (χ2v) is 8.53. The van der Waals surface area contributed by atoms with Crippen molar-refractivity contribution < 1.29 is 18.1 Å². The third kappa shape index (κ3) is 6.14. The zero-order valence-corrected chi connectivity index (χ0v) is 18.8. The molecule has 0 amide bonds. The molecule has 0 aliphatic heterocycles. The van der Waals surface area contributed by atoms with Gasteiger partial charge in [0.25, 0.3) is 0 Å². The number of aliphatic hydroxyl groups excluding tert-OH is 1. The molecule has 3 rings (SSSR count). The Balaban J connectivity index is 1.82. The highest BCUT2D eigenvalue weighted by Gasteiger charge is 2.16. The van der Waals surface area contributed by atoms with E-state index in [1.54, 1.807) is 6.92 Å². The maximum Gasteiger partial charge on any atom is 0.222 e. The average molecular weight is 497 g/mol. The molecule has 6 nitrogen and oxygen atoms in total. The Hall–Kier alpha value is -2.77. The predicted molar refractivity (Wildman–Crippen MR) is 121 cm³/mol. The molecular weight excluding hydrogens is 481 g/mol. The topological polar surface area (TPSA) is 87.1 Å². The van der Waals surface area contributed by atoms with E-state index in [9.17, 15) is 18.1 Å². The molecule has 2 aromatic carbocycles. The Labute approximate surface area is 195 Å². The van der Waals surface area contributed by atoms with Gasteiger partial charge in [-0.1, -0.05) is 35.0 Å². The van der Waals surface area contributed by atoms with Crippen LogP contribution in [-0.2, 0) is 11.0 Å². The number of benzene rings is 2. The van der Waals surface area contributed by atoms with E-state index in [4.69, 9.17) is 23.2 Å². The number of hydrogen-bond donors (Lipinski definition) is 3. The number of nitrogens with one attached hydrogen (secondary N) is 2. The van der Waals surface area contributed by atoms with Crippen LogP contribution in [-0.4, -0.2) is 31.9 Å². The van der Waals surface area contributed by atoms with Gasteiger partial charge in [0, 0.05) is 24.0 Å². The van der Waals surface area contributed by atoms with E-state index >= 15 is 0 Å². The lowest BCUT2D eigenvalue weighted by Gasteiger charge is -2.10. The van der Waals surface area contributed by atoms with Crippen LogP contribution in [0.3, 0.4) is 0 Å². The largest absolute Gasteiger partial charge is 0.392 e. The first-order chi connectivity index (χ1) is 15.2. The summed E-state index contributed by atoms with van der Waals surface area (Å²) in [6, 6.07) is 6.48. The van der Waals surface area contributed by atoms with Gasteiger partial charge in [0.05, 0.1) is 32.8 Å². The number of anilines is 2. The highest BCUT2D eigenvalue weighted by molar-refractivity contribution is 7.86. The summed E-state index contributed by atoms with van der Waals surface area (Å²) in [6.45, 7) is 1.88. The third-order valence-electron chi connectivity index (χ3n) is 3.93. The summed E-state index contributed by atoms with van der Waals surface area (Å²) in [5.74, 6) is 3.38. The van der Waals surface area contributed by atoms with Gasteiger partial charge in [-0.25, -0.2) is 23.0 Å². The predicted octanol–water partition coefficient (Wildman–Crippen LogP) is 4.39. The van der Waals surface area contributed by atoms with Gasteiger partial charge >= 0.3 is 0 Å². The van der Waals surface area contributed by atoms with Crippen molar-refractivity contribution >= 4 is 45.8 Å². The van der Waals surface area contributed by atoms with E-state index < -0.39 is 34.3 Å². The van der Waals surface area contributed by atoms with Gasteiger partial charge in [0.2, 0.25) is 5.95 Å². The second-order valence-electron chi connectivity index (χ2n) is 6.50. The molecular formula is C21H16Cl2F2N4O2S. The molecule has 11 heteroatoms. The van der Waals surface area contributed by atoms with Crippen LogP contribution in [0.25, 0.3) is 0 Å². The molecule has 0 radical (unpaired) electrons. The lowest BCUT2D eigenvalue weighted by molar-refractivity contribution is 0.208. The van der Waals surface area contributed by atoms with Crippen molar-refractivity contribution in [1.29, 1.82) is 0 Å². The van der Waals surface area contributed by atoms with Crippen LogP contribution in [0.4, 0.5) is 20.4 Å². The smallest absolute Gasteiger partial charge is 0.222 e. The van der Waals surface area contributed by atoms with Crippen LogP contribution in [0.1, 0.15) is 18.1 Å². The number of nitrogens with zero attached hydrogens (tertiary/aromatic N) is 2. The fraction of sp³-hybridized carbons (Fsp3) is 0.143. The number of rotatable bonds is 6. The normalized spacial score (nSPS) is 12.4. The molecule has 0 bridgehead atoms. The summed E-state index contributed by atoms with van der Waals surface area (Å²) >= 11 is 11.9. The van der Waals surface area contributed by atoms with E-state index in [2.05, 4.69) is 31.8 Å². The van der Waals surface area contributed by atoms with Gasteiger partial charge < -0.3 is 10.4 Å². The lowest BCUT2D eigenvalue weighted by Crippen LogP contribution is -2.16. The molecule has 0 aliphatic carbocycles. The minimum atomic E-state index is -1.95. The summed E-state index contributed by atoms with van der Waals surface area (Å²) in [4.78, 5) is 8.18. The third-order valence-corrected chi connectivity index (χ3v) is 5.75. The molecule has 0 saturated heterocycles. The van der Waals surface area contributed by atoms with Crippen molar-refractivity contribution in [3.05, 3.63) is 75.5 Å². The zero-order chi connectivity index (χ0) is 23.3. The molecule has 0 aliphatic rings. The van der Waals surface area contributed by atoms with Crippen molar-refractivity contribution in [3.63, 3.8) is 0 Å². The fourth-order valence-electron chi connectivity index (χ4n) is 2.38. The molecule has 0 saturated carbocycles. The Morgan fingerprint density at radius 1 is 1.16 bits per heavy atom. The van der Waals surface area contributed by atoms with Gasteiger partial charge in [0.15, 0.2) is 16.8 Å². The van der Waals surface area contributed by atoms with E-state index in [1.165, 1.54) is 30.6 Å². The highest BCUT2D eigenvalue weighted by Crippen LogP contribution is 2.27. The Bertz CT molecular complexity index is 1210. The van der Waals surface area contributed by atoms with Gasteiger partial charge in [-0.3, -0.25) is 4.72 Å². The minimum Gasteiger partial charge on any atom is -0.392 e. The first-order valence-corrected chi connectivity index (χ1v) is 11.0. The molecule has 166 valence electrons. The number of aromatic nitrogens is 2. The van der Waals surface area contributed by atoms with Crippen LogP contribution in [0.5, 0.6) is 0 Å². The lowest BCUT2D eigenvalue weighted by atomic mass is 10.1. The van der Waals surface area contributed by atoms with Gasteiger partial charge in [-0.15, -0.1) is 0 Å². The Kier molecular flexibility index (Phi) is 7.99. The molecule has 2 atom stereocenters. The molecule has 3 aromatic rings. The Morgan fingerprint density at radius 2 is 1.88 bits per heavy atom. The zero-order valence-electron chi connectivity index (χ0n) is 16.5. The van der Waals surface area contributed by atoms with Gasteiger partial charge in [-0.05, 0) is 37.3 Å². The Morgan fingerprint density at radius 3 is 2.56 bits per heavy atom. The first kappa shape index (κ1) is 23.9. The van der Waals surface area contributed by atoms with Crippen LogP contribution in [0, 0.1) is 23.5 Å². The molecule has 1 unspecified atom stereocenters. The van der Waals surface area contributed by atoms with E-state index in [0.717, 1.165) is 12.1 Å². The van der Waals surface area contributed by atoms with E-state index in [0.29, 0.717) is 10.6 Å². The van der Waals surface area contributed by atoms with Gasteiger partial charge in [-0.2, -0.15) is 0 Å². The maximum absolute atomic E-state index is 14.9. The number of halogens is 4. The molecule has 0 spiro atoms. The van der Waals surface area contributed by atoms with Crippen LogP contribution >= 0.6 is 23.2 Å². The van der Waals surface area contributed by atoms with E-state index in [-0.39, 0.29) is 28.1 Å². The summed E-state index contributed by atoms with van der Waals surface area (Å²) in [5, 5.41) is 12.5. The van der Waals surface area contributed by atoms with E-state index in [1.807, 2.05) is 0 Å². The minimum absolute atomic E-state index is 0.150. The van der Waals surface area contributed by atoms with Crippen LogP contribution in [0.15, 0.2) is 47.6 Å². The SMILES string of the molecule is C[C@H](O)CNc1ncc(C#Cc2c(F)ccc(NS(=O)c3cc(Cl)ccc3Cl)c2F)cn1. The number of hydrogen-bond acceptors (Lipinski definition) is 5. The van der Waals surface area contributed by atoms with Crippen molar-refractivity contribution in [1.82, 2.24) is 9.97 Å². The van der Waals surface area contributed by atoms with Crippen molar-refractivity contribution in [2.24, 2.45) is 0 Å². The van der Waals surface area contributed by atoms with Crippen molar-refractivity contribution in [3.8, 4) is 11.8 Å². The monoisotopic (exact) mass is 496 g/mol. The molecule has 3 N–H and O–H groups in total. The van der Waals surface area contributed by atoms with Crippen LogP contribution in [0.2, 0.25) is 10.0 Å². The van der Waals surface area contributed by atoms with Crippen molar-refractivity contribution in [2.75, 3.05) is 16.6 Å². The molecule has 32 heavy (non-hydrogen) atoms. The summed E-state index contributed by atoms with van der Waals surface area (Å²) in [6.07, 6.45) is 2.17. The maximum atomic E-state index is 14.9. The molecule has 1 aromatic heterocycles. The van der Waals surface area contributed by atoms with Crippen LogP contribution < -0.4 is 10.0 Å². The second kappa shape index (κ2) is 10.7. The fourth-order valence-corrected chi connectivity index (χ4v) is 3.89. The average Bonchev–Trinajstić information content (AvgIpc) is 2.76. The molecule has 1 heterocycles. The summed E-state index contributed by atoms with van der Waals surface area (Å²) in [7, 11) is -1.95. The first-order valence-electron chi connectivity index (χ1n) is 9.12. The van der Waals surface area contributed by atoms with Crippen molar-refractivity contribution in [2.45, 2.75) is 17.9 Å². The summed E-state index contributed by atoms with van der Waals surface area (Å²) < 4.78 is 44.1. The quantitative estimate of drug-likeness (QED) is 0.440.